The fraction of sp³-hybridized carbons (Fsp3) is 0.526. The van der Waals surface area contributed by atoms with Crippen molar-refractivity contribution in [2.45, 2.75) is 38.4 Å². The number of nitrogens with zero attached hydrogens (tertiary/aromatic N) is 4. The number of hydrogen-bond acceptors (Lipinski definition) is 6. The molecule has 0 aromatic carbocycles. The topological polar surface area (TPSA) is 60.3 Å². The molecule has 0 radical (unpaired) electrons. The lowest BCUT2D eigenvalue weighted by Crippen LogP contribution is -2.21. The van der Waals surface area contributed by atoms with E-state index in [2.05, 4.69) is 14.5 Å². The highest BCUT2D eigenvalue weighted by atomic mass is 32.2. The second kappa shape index (κ2) is 8.84. The minimum absolute atomic E-state index is 0.0208. The Labute approximate surface area is 163 Å². The van der Waals surface area contributed by atoms with Gasteiger partial charge in [0.25, 0.3) is 0 Å². The Morgan fingerprint density at radius 2 is 2.07 bits per heavy atom. The zero-order valence-electron chi connectivity index (χ0n) is 16.0. The summed E-state index contributed by atoms with van der Waals surface area (Å²) in [6.45, 7) is 6.86. The van der Waals surface area contributed by atoms with Gasteiger partial charge >= 0.3 is 0 Å². The first-order chi connectivity index (χ1) is 13.0. The molecule has 2 aromatic heterocycles. The van der Waals surface area contributed by atoms with Crippen molar-refractivity contribution in [3.8, 4) is 0 Å². The van der Waals surface area contributed by atoms with Gasteiger partial charge in [-0.25, -0.2) is 14.4 Å². The number of ketones is 1. The Kier molecular flexibility index (Phi) is 6.49. The van der Waals surface area contributed by atoms with Crippen LogP contribution in [0, 0.1) is 19.7 Å². The van der Waals surface area contributed by atoms with Crippen molar-refractivity contribution in [3.05, 3.63) is 35.0 Å². The van der Waals surface area contributed by atoms with Crippen LogP contribution in [0.3, 0.4) is 0 Å². The molecule has 0 amide bonds. The molecule has 0 spiro atoms. The van der Waals surface area contributed by atoms with Crippen LogP contribution in [0.25, 0.3) is 0 Å². The summed E-state index contributed by atoms with van der Waals surface area (Å²) >= 11 is 1.25. The van der Waals surface area contributed by atoms with Gasteiger partial charge in [0, 0.05) is 43.7 Å². The van der Waals surface area contributed by atoms with Gasteiger partial charge in [0.05, 0.1) is 18.6 Å². The first-order valence-corrected chi connectivity index (χ1v) is 10.1. The van der Waals surface area contributed by atoms with Crippen molar-refractivity contribution >= 4 is 23.4 Å². The molecule has 1 saturated heterocycles. The minimum atomic E-state index is -0.408. The number of aromatic nitrogens is 3. The number of carbonyl (C=O) groups is 1. The summed E-state index contributed by atoms with van der Waals surface area (Å²) in [5.41, 5.74) is 2.68. The molecule has 1 aliphatic rings. The average Bonchev–Trinajstić information content (AvgIpc) is 3.28. The van der Waals surface area contributed by atoms with E-state index in [1.165, 1.54) is 18.0 Å². The maximum absolute atomic E-state index is 14.0. The highest BCUT2D eigenvalue weighted by molar-refractivity contribution is 7.99. The monoisotopic (exact) mass is 392 g/mol. The van der Waals surface area contributed by atoms with Crippen LogP contribution in [0.1, 0.15) is 34.6 Å². The van der Waals surface area contributed by atoms with Crippen LogP contribution in [-0.4, -0.2) is 52.9 Å². The van der Waals surface area contributed by atoms with E-state index in [1.54, 1.807) is 7.11 Å². The van der Waals surface area contributed by atoms with Crippen molar-refractivity contribution in [1.29, 1.82) is 0 Å². The van der Waals surface area contributed by atoms with Gasteiger partial charge in [0.1, 0.15) is 0 Å². The van der Waals surface area contributed by atoms with Crippen LogP contribution in [0.5, 0.6) is 0 Å². The third kappa shape index (κ3) is 4.50. The second-order valence-electron chi connectivity index (χ2n) is 6.66. The van der Waals surface area contributed by atoms with Gasteiger partial charge in [-0.05, 0) is 32.8 Å². The maximum Gasteiger partial charge on any atom is 0.190 e. The third-order valence-corrected chi connectivity index (χ3v) is 5.70. The summed E-state index contributed by atoms with van der Waals surface area (Å²) in [5, 5.41) is 0.430. The van der Waals surface area contributed by atoms with Crippen LogP contribution < -0.4 is 4.90 Å². The number of methoxy groups -OCH3 is 1. The zero-order chi connectivity index (χ0) is 19.4. The predicted octanol–water partition coefficient (Wildman–Crippen LogP) is 3.26. The zero-order valence-corrected chi connectivity index (χ0v) is 16.8. The minimum Gasteiger partial charge on any atom is -0.383 e. The largest absolute Gasteiger partial charge is 0.383 e. The molecule has 6 nitrogen and oxygen atoms in total. The van der Waals surface area contributed by atoms with Gasteiger partial charge < -0.3 is 14.2 Å². The van der Waals surface area contributed by atoms with Crippen molar-refractivity contribution in [2.24, 2.45) is 0 Å². The van der Waals surface area contributed by atoms with Crippen LogP contribution >= 0.6 is 11.8 Å². The fourth-order valence-corrected chi connectivity index (χ4v) is 4.07. The number of halogens is 1. The first kappa shape index (κ1) is 19.8. The summed E-state index contributed by atoms with van der Waals surface area (Å²) in [5.74, 6) is 0.177. The first-order valence-electron chi connectivity index (χ1n) is 9.10. The predicted molar refractivity (Wildman–Crippen MR) is 104 cm³/mol. The van der Waals surface area contributed by atoms with Crippen LogP contribution in [0.4, 0.5) is 10.2 Å². The molecule has 0 unspecified atom stereocenters. The van der Waals surface area contributed by atoms with Gasteiger partial charge in [0.15, 0.2) is 22.6 Å². The third-order valence-electron chi connectivity index (χ3n) is 4.83. The number of thioether (sulfide) groups is 1. The van der Waals surface area contributed by atoms with Crippen molar-refractivity contribution in [1.82, 2.24) is 14.5 Å². The maximum atomic E-state index is 14.0. The van der Waals surface area contributed by atoms with E-state index in [4.69, 9.17) is 4.74 Å². The highest BCUT2D eigenvalue weighted by Gasteiger charge is 2.20. The van der Waals surface area contributed by atoms with Gasteiger partial charge in [0.2, 0.25) is 0 Å². The van der Waals surface area contributed by atoms with E-state index in [0.717, 1.165) is 43.9 Å². The molecule has 1 fully saturated rings. The molecule has 1 aliphatic heterocycles. The number of aryl methyl sites for hydroxylation is 1. The van der Waals surface area contributed by atoms with Crippen LogP contribution in [0.15, 0.2) is 17.4 Å². The van der Waals surface area contributed by atoms with Gasteiger partial charge in [-0.15, -0.1) is 0 Å². The molecule has 3 heterocycles. The van der Waals surface area contributed by atoms with E-state index < -0.39 is 5.82 Å². The number of hydrogen-bond donors (Lipinski definition) is 0. The summed E-state index contributed by atoms with van der Waals surface area (Å²) in [4.78, 5) is 23.0. The Balaban J connectivity index is 1.68. The van der Waals surface area contributed by atoms with Crippen molar-refractivity contribution in [3.63, 3.8) is 0 Å². The molecule has 8 heteroatoms. The molecular formula is C19H25FN4O2S. The average molecular weight is 393 g/mol. The lowest BCUT2D eigenvalue weighted by molar-refractivity contribution is 0.102. The van der Waals surface area contributed by atoms with E-state index in [0.29, 0.717) is 23.1 Å². The Bertz CT molecular complexity index is 818. The van der Waals surface area contributed by atoms with Gasteiger partial charge in [-0.2, -0.15) is 0 Å². The molecule has 146 valence electrons. The molecule has 0 saturated carbocycles. The van der Waals surface area contributed by atoms with Gasteiger partial charge in [-0.3, -0.25) is 4.79 Å². The normalized spacial score (nSPS) is 14.1. The summed E-state index contributed by atoms with van der Waals surface area (Å²) < 4.78 is 21.2. The van der Waals surface area contributed by atoms with E-state index >= 15 is 0 Å². The fourth-order valence-electron chi connectivity index (χ4n) is 3.38. The number of carbonyl (C=O) groups excluding carboxylic acids is 1. The van der Waals surface area contributed by atoms with Crippen LogP contribution in [0.2, 0.25) is 0 Å². The second-order valence-corrected chi connectivity index (χ2v) is 7.60. The number of Topliss-reactive ketones (excluding diaryl/α,β-unsaturated/α-hetero) is 1. The Hall–Kier alpha value is -1.93. The molecule has 0 aliphatic carbocycles. The van der Waals surface area contributed by atoms with Gasteiger partial charge in [-0.1, -0.05) is 11.8 Å². The molecule has 0 atom stereocenters. The SMILES string of the molecule is COCCn1c(C)cc(C(=O)CSc2ncc(F)c(N3CCCC3)n2)c1C. The Morgan fingerprint density at radius 3 is 2.78 bits per heavy atom. The van der Waals surface area contributed by atoms with E-state index in [-0.39, 0.29) is 11.5 Å². The number of ether oxygens (including phenoxy) is 1. The molecule has 0 N–H and O–H groups in total. The molecule has 2 aromatic rings. The van der Waals surface area contributed by atoms with Crippen molar-refractivity contribution < 1.29 is 13.9 Å². The lowest BCUT2D eigenvalue weighted by Gasteiger charge is -2.17. The summed E-state index contributed by atoms with van der Waals surface area (Å²) in [6, 6.07) is 1.91. The lowest BCUT2D eigenvalue weighted by atomic mass is 10.2. The summed E-state index contributed by atoms with van der Waals surface area (Å²) in [7, 11) is 1.66. The number of rotatable bonds is 8. The standard InChI is InChI=1S/C19H25FN4O2S/c1-13-10-15(14(2)24(13)8-9-26-3)17(25)12-27-19-21-11-16(20)18(22-19)23-6-4-5-7-23/h10-11H,4-9,12H2,1-3H3. The van der Waals surface area contributed by atoms with Crippen LogP contribution in [-0.2, 0) is 11.3 Å². The summed E-state index contributed by atoms with van der Waals surface area (Å²) in [6.07, 6.45) is 3.29. The van der Waals surface area contributed by atoms with Crippen molar-refractivity contribution in [2.75, 3.05) is 37.5 Å². The van der Waals surface area contributed by atoms with E-state index in [9.17, 15) is 9.18 Å². The van der Waals surface area contributed by atoms with E-state index in [1.807, 2.05) is 24.8 Å². The number of anilines is 1. The molecular weight excluding hydrogens is 367 g/mol. The highest BCUT2D eigenvalue weighted by Crippen LogP contribution is 2.25. The Morgan fingerprint density at radius 1 is 1.33 bits per heavy atom. The quantitative estimate of drug-likeness (QED) is 0.390. The molecule has 3 rings (SSSR count). The molecule has 27 heavy (non-hydrogen) atoms. The molecule has 0 bridgehead atoms. The smallest absolute Gasteiger partial charge is 0.190 e.